The predicted octanol–water partition coefficient (Wildman–Crippen LogP) is 7.95. The van der Waals surface area contributed by atoms with E-state index in [2.05, 4.69) is 19.7 Å². The van der Waals surface area contributed by atoms with Crippen LogP contribution in [0.3, 0.4) is 0 Å². The highest BCUT2D eigenvalue weighted by Crippen LogP contribution is 2.26. The first kappa shape index (κ1) is 28.7. The van der Waals surface area contributed by atoms with Gasteiger partial charge in [-0.25, -0.2) is 9.59 Å². The summed E-state index contributed by atoms with van der Waals surface area (Å²) in [6.45, 7) is 16.6. The molecule has 0 saturated carbocycles. The monoisotopic (exact) mass is 520 g/mol. The molecular weight excluding hydrogens is 488 g/mol. The van der Waals surface area contributed by atoms with E-state index >= 15 is 0 Å². The van der Waals surface area contributed by atoms with Gasteiger partial charge in [-0.15, -0.1) is 0 Å². The van der Waals surface area contributed by atoms with Gasteiger partial charge < -0.3 is 14.2 Å². The topological polar surface area (TPSA) is 61.8 Å². The number of hydrogen-bond donors (Lipinski definition) is 0. The van der Waals surface area contributed by atoms with Crippen molar-refractivity contribution in [1.82, 2.24) is 0 Å². The molecule has 3 rings (SSSR count). The van der Waals surface area contributed by atoms with Gasteiger partial charge in [0.25, 0.3) is 0 Å². The number of rotatable bonds is 11. The average molecular weight is 521 g/mol. The van der Waals surface area contributed by atoms with Gasteiger partial charge in [0.2, 0.25) is 0 Å². The van der Waals surface area contributed by atoms with E-state index in [1.54, 1.807) is 38.1 Å². The molecule has 0 radical (unpaired) electrons. The van der Waals surface area contributed by atoms with Crippen LogP contribution in [0.15, 0.2) is 103 Å². The minimum absolute atomic E-state index is 0.346. The van der Waals surface area contributed by atoms with E-state index < -0.39 is 11.9 Å². The van der Waals surface area contributed by atoms with Crippen LogP contribution in [0.1, 0.15) is 43.0 Å². The van der Waals surface area contributed by atoms with Gasteiger partial charge in [-0.1, -0.05) is 80.4 Å². The van der Waals surface area contributed by atoms with Crippen molar-refractivity contribution in [3.8, 4) is 17.2 Å². The first-order valence-corrected chi connectivity index (χ1v) is 12.3. The summed E-state index contributed by atoms with van der Waals surface area (Å²) in [7, 11) is 0. The summed E-state index contributed by atoms with van der Waals surface area (Å²) in [5, 5.41) is 0. The van der Waals surface area contributed by atoms with Crippen LogP contribution in [0.25, 0.3) is 24.3 Å². The third kappa shape index (κ3) is 9.17. The third-order valence-electron chi connectivity index (χ3n) is 5.31. The second kappa shape index (κ2) is 13.6. The lowest BCUT2D eigenvalue weighted by molar-refractivity contribution is -0.130. The minimum atomic E-state index is -0.451. The van der Waals surface area contributed by atoms with Crippen LogP contribution in [-0.4, -0.2) is 18.5 Å². The van der Waals surface area contributed by atoms with Crippen molar-refractivity contribution in [2.75, 3.05) is 6.61 Å². The first-order chi connectivity index (χ1) is 18.6. The summed E-state index contributed by atoms with van der Waals surface area (Å²) >= 11 is 0. The fraction of sp³-hybridized carbons (Fsp3) is 0.118. The quantitative estimate of drug-likeness (QED) is 0.0844. The van der Waals surface area contributed by atoms with Crippen LogP contribution >= 0.6 is 0 Å². The van der Waals surface area contributed by atoms with Gasteiger partial charge in [0.1, 0.15) is 23.9 Å². The van der Waals surface area contributed by atoms with E-state index in [0.717, 1.165) is 33.6 Å². The largest absolute Gasteiger partial charge is 0.489 e. The van der Waals surface area contributed by atoms with Crippen molar-refractivity contribution in [3.05, 3.63) is 125 Å². The van der Waals surface area contributed by atoms with E-state index in [1.807, 2.05) is 73.7 Å². The zero-order chi connectivity index (χ0) is 28.4. The number of benzene rings is 3. The number of ether oxygens (including phenoxy) is 3. The van der Waals surface area contributed by atoms with Gasteiger partial charge in [-0.05, 0) is 73.4 Å². The van der Waals surface area contributed by atoms with Gasteiger partial charge in [0.15, 0.2) is 0 Å². The maximum Gasteiger partial charge on any atom is 0.338 e. The Balaban J connectivity index is 1.75. The number of carbonyl (C=O) groups is 2. The van der Waals surface area contributed by atoms with Crippen LogP contribution in [0, 0.1) is 0 Å². The molecule has 3 aromatic rings. The Morgan fingerprint density at radius 2 is 1.08 bits per heavy atom. The van der Waals surface area contributed by atoms with Gasteiger partial charge in [-0.3, -0.25) is 0 Å². The fourth-order valence-corrected chi connectivity index (χ4v) is 3.18. The molecule has 3 aromatic carbocycles. The van der Waals surface area contributed by atoms with Crippen molar-refractivity contribution in [3.63, 3.8) is 0 Å². The summed E-state index contributed by atoms with van der Waals surface area (Å²) in [5.41, 5.74) is 5.38. The van der Waals surface area contributed by atoms with Crippen LogP contribution in [0.5, 0.6) is 17.2 Å². The Morgan fingerprint density at radius 3 is 1.54 bits per heavy atom. The maximum atomic E-state index is 11.7. The molecule has 0 atom stereocenters. The zero-order valence-corrected chi connectivity index (χ0v) is 22.5. The summed E-state index contributed by atoms with van der Waals surface area (Å²) < 4.78 is 16.5. The van der Waals surface area contributed by atoms with E-state index in [-0.39, 0.29) is 0 Å². The maximum absolute atomic E-state index is 11.7. The van der Waals surface area contributed by atoms with E-state index in [4.69, 9.17) is 14.2 Å². The molecule has 0 heterocycles. The molecule has 5 nitrogen and oxygen atoms in total. The highest BCUT2D eigenvalue weighted by Gasteiger charge is 2.07. The van der Waals surface area contributed by atoms with Crippen molar-refractivity contribution < 1.29 is 23.8 Å². The molecule has 0 spiro atoms. The minimum Gasteiger partial charge on any atom is -0.489 e. The second-order valence-electron chi connectivity index (χ2n) is 9.19. The molecular formula is C34H32O5. The fourth-order valence-electron chi connectivity index (χ4n) is 3.18. The molecule has 0 amide bonds. The van der Waals surface area contributed by atoms with E-state index in [1.165, 1.54) is 0 Å². The van der Waals surface area contributed by atoms with E-state index in [0.29, 0.717) is 29.3 Å². The standard InChI is InChI=1S/C34H32O5/c1-23(2)22-37-32-21-28(8-7-26-11-17-30(18-12-26)38-33(35)24(3)4)10-16-29(32)15-9-27-13-19-31(20-14-27)39-34(36)25(5)6/h7-21H,1,3,5,22H2,2,4,6H3/b8-7+,15-9+. The molecule has 0 unspecified atom stereocenters. The average Bonchev–Trinajstić information content (AvgIpc) is 2.91. The Hall–Kier alpha value is -4.90. The highest BCUT2D eigenvalue weighted by molar-refractivity contribution is 5.89. The molecule has 0 aliphatic rings. The van der Waals surface area contributed by atoms with Gasteiger partial charge in [-0.2, -0.15) is 0 Å². The van der Waals surface area contributed by atoms with Crippen molar-refractivity contribution in [2.45, 2.75) is 20.8 Å². The second-order valence-corrected chi connectivity index (χ2v) is 9.19. The molecule has 0 saturated heterocycles. The summed E-state index contributed by atoms with van der Waals surface area (Å²) in [6.07, 6.45) is 7.90. The predicted molar refractivity (Wildman–Crippen MR) is 158 cm³/mol. The number of carbonyl (C=O) groups excluding carboxylic acids is 2. The van der Waals surface area contributed by atoms with E-state index in [9.17, 15) is 9.59 Å². The highest BCUT2D eigenvalue weighted by atomic mass is 16.5. The third-order valence-corrected chi connectivity index (χ3v) is 5.31. The SMILES string of the molecule is C=C(C)COc1cc(/C=C/c2ccc(OC(=O)C(=C)C)cc2)ccc1/C=C/c1ccc(OC(=O)C(=C)C)cc1. The Labute approximate surface area is 230 Å². The summed E-state index contributed by atoms with van der Waals surface area (Å²) in [4.78, 5) is 23.4. The molecule has 0 aliphatic heterocycles. The Kier molecular flexibility index (Phi) is 9.99. The molecule has 0 aliphatic carbocycles. The number of hydrogen-bond acceptors (Lipinski definition) is 5. The zero-order valence-electron chi connectivity index (χ0n) is 22.5. The lowest BCUT2D eigenvalue weighted by Gasteiger charge is -2.10. The van der Waals surface area contributed by atoms with Crippen LogP contribution in [0.4, 0.5) is 0 Å². The van der Waals surface area contributed by atoms with Gasteiger partial charge in [0, 0.05) is 16.7 Å². The number of esters is 2. The molecule has 0 aromatic heterocycles. The molecule has 198 valence electrons. The lowest BCUT2D eigenvalue weighted by atomic mass is 10.1. The smallest absolute Gasteiger partial charge is 0.338 e. The summed E-state index contributed by atoms with van der Waals surface area (Å²) in [5.74, 6) is 0.757. The van der Waals surface area contributed by atoms with Crippen molar-refractivity contribution in [2.24, 2.45) is 0 Å². The Morgan fingerprint density at radius 1 is 0.641 bits per heavy atom. The molecule has 39 heavy (non-hydrogen) atoms. The molecule has 0 N–H and O–H groups in total. The van der Waals surface area contributed by atoms with Crippen LogP contribution in [0.2, 0.25) is 0 Å². The van der Waals surface area contributed by atoms with Crippen molar-refractivity contribution in [1.29, 1.82) is 0 Å². The normalized spacial score (nSPS) is 10.8. The van der Waals surface area contributed by atoms with Gasteiger partial charge >= 0.3 is 11.9 Å². The summed E-state index contributed by atoms with van der Waals surface area (Å²) in [6, 6.07) is 20.4. The lowest BCUT2D eigenvalue weighted by Crippen LogP contribution is -2.07. The van der Waals surface area contributed by atoms with Gasteiger partial charge in [0.05, 0.1) is 0 Å². The van der Waals surface area contributed by atoms with Crippen LogP contribution in [-0.2, 0) is 9.59 Å². The Bertz CT molecular complexity index is 1440. The molecule has 0 fully saturated rings. The molecule has 0 bridgehead atoms. The molecule has 5 heteroatoms. The van der Waals surface area contributed by atoms with Crippen LogP contribution < -0.4 is 14.2 Å². The first-order valence-electron chi connectivity index (χ1n) is 12.3. The van der Waals surface area contributed by atoms with Crippen molar-refractivity contribution >= 4 is 36.2 Å².